The Morgan fingerprint density at radius 1 is 0.889 bits per heavy atom. The Morgan fingerprint density at radius 2 is 1.67 bits per heavy atom. The molecule has 2 fully saturated rings. The molecule has 0 aliphatic heterocycles. The van der Waals surface area contributed by atoms with Crippen LogP contribution in [0.25, 0.3) is 0 Å². The molecule has 1 aromatic carbocycles. The van der Waals surface area contributed by atoms with Gasteiger partial charge >= 0.3 is 0 Å². The average Bonchev–Trinajstić information content (AvgIpc) is 3.24. The largest absolute Gasteiger partial charge is 0.314 e. The van der Waals surface area contributed by atoms with Crippen molar-refractivity contribution >= 4 is 0 Å². The third-order valence-electron chi connectivity index (χ3n) is 4.63. The topological polar surface area (TPSA) is 12.0 Å². The molecule has 2 atom stereocenters. The summed E-state index contributed by atoms with van der Waals surface area (Å²) in [6.45, 7) is 1.24. The Balaban J connectivity index is 1.69. The van der Waals surface area contributed by atoms with Crippen LogP contribution in [0.2, 0.25) is 0 Å². The summed E-state index contributed by atoms with van der Waals surface area (Å²) in [5, 5.41) is 3.75. The molecule has 0 spiro atoms. The number of nitrogens with one attached hydrogen (secondary N) is 1. The van der Waals surface area contributed by atoms with Gasteiger partial charge in [-0.3, -0.25) is 0 Å². The first-order valence-electron chi connectivity index (χ1n) is 7.72. The molecule has 2 aliphatic rings. The lowest BCUT2D eigenvalue weighted by Gasteiger charge is -2.26. The highest BCUT2D eigenvalue weighted by atomic mass is 14.9. The molecule has 0 heterocycles. The molecule has 2 saturated carbocycles. The minimum absolute atomic E-state index is 0.792. The van der Waals surface area contributed by atoms with Crippen molar-refractivity contribution in [3.05, 3.63) is 35.9 Å². The minimum Gasteiger partial charge on any atom is -0.314 e. The molecule has 0 amide bonds. The molecule has 1 aromatic rings. The van der Waals surface area contributed by atoms with E-state index in [1.165, 1.54) is 51.5 Å². The van der Waals surface area contributed by atoms with E-state index in [-0.39, 0.29) is 0 Å². The summed E-state index contributed by atoms with van der Waals surface area (Å²) in [4.78, 5) is 0. The summed E-state index contributed by atoms with van der Waals surface area (Å²) in [5.74, 6) is 1.65. The zero-order valence-corrected chi connectivity index (χ0v) is 11.3. The first kappa shape index (κ1) is 12.2. The maximum absolute atomic E-state index is 3.75. The highest BCUT2D eigenvalue weighted by Gasteiger charge is 2.27. The van der Waals surface area contributed by atoms with Crippen LogP contribution in [0.15, 0.2) is 30.3 Å². The third-order valence-corrected chi connectivity index (χ3v) is 4.63. The van der Waals surface area contributed by atoms with Gasteiger partial charge in [-0.05, 0) is 49.6 Å². The van der Waals surface area contributed by atoms with Crippen LogP contribution in [0.1, 0.15) is 56.4 Å². The van der Waals surface area contributed by atoms with Crippen LogP contribution in [0, 0.1) is 5.92 Å². The minimum atomic E-state index is 0.792. The normalized spacial score (nSPS) is 28.9. The van der Waals surface area contributed by atoms with Crippen LogP contribution in [0.5, 0.6) is 0 Å². The summed E-state index contributed by atoms with van der Waals surface area (Å²) >= 11 is 0. The van der Waals surface area contributed by atoms with Crippen LogP contribution in [-0.4, -0.2) is 12.6 Å². The molecule has 1 heteroatoms. The molecule has 0 radical (unpaired) electrons. The molecule has 2 unspecified atom stereocenters. The molecule has 18 heavy (non-hydrogen) atoms. The van der Waals surface area contributed by atoms with Crippen LogP contribution < -0.4 is 5.32 Å². The van der Waals surface area contributed by atoms with Crippen molar-refractivity contribution in [1.82, 2.24) is 5.32 Å². The van der Waals surface area contributed by atoms with Gasteiger partial charge in [-0.2, -0.15) is 0 Å². The van der Waals surface area contributed by atoms with Crippen molar-refractivity contribution in [2.45, 2.75) is 56.9 Å². The van der Waals surface area contributed by atoms with Gasteiger partial charge < -0.3 is 5.32 Å². The van der Waals surface area contributed by atoms with Crippen molar-refractivity contribution in [1.29, 1.82) is 0 Å². The summed E-state index contributed by atoms with van der Waals surface area (Å²) in [6, 6.07) is 12.1. The molecular formula is C17H25N. The van der Waals surface area contributed by atoms with Gasteiger partial charge in [0.15, 0.2) is 0 Å². The Morgan fingerprint density at radius 3 is 2.44 bits per heavy atom. The van der Waals surface area contributed by atoms with Crippen molar-refractivity contribution in [2.75, 3.05) is 6.54 Å². The number of benzene rings is 1. The maximum Gasteiger partial charge on any atom is 0.00683 e. The lowest BCUT2D eigenvalue weighted by molar-refractivity contribution is 0.374. The Labute approximate surface area is 111 Å². The lowest BCUT2D eigenvalue weighted by Crippen LogP contribution is -2.28. The second kappa shape index (κ2) is 5.88. The summed E-state index contributed by atoms with van der Waals surface area (Å²) in [5.41, 5.74) is 1.57. The van der Waals surface area contributed by atoms with Gasteiger partial charge in [0.2, 0.25) is 0 Å². The fraction of sp³-hybridized carbons (Fsp3) is 0.647. The predicted molar refractivity (Wildman–Crippen MR) is 76.8 cm³/mol. The standard InChI is InChI=1S/C17H25N/c1-3-7-14(8-4-1)17-10-6-2-5-9-15(17)13-18-16-11-12-16/h1,3-4,7-8,15-18H,2,5-6,9-13H2. The molecule has 2 aliphatic carbocycles. The fourth-order valence-electron chi connectivity index (χ4n) is 3.37. The van der Waals surface area contributed by atoms with E-state index >= 15 is 0 Å². The smallest absolute Gasteiger partial charge is 0.00683 e. The SMILES string of the molecule is c1ccc(C2CCCCCC2CNC2CC2)cc1. The van der Waals surface area contributed by atoms with Gasteiger partial charge in [0.05, 0.1) is 0 Å². The number of hydrogen-bond donors (Lipinski definition) is 1. The summed E-state index contributed by atoms with van der Waals surface area (Å²) < 4.78 is 0. The fourth-order valence-corrected chi connectivity index (χ4v) is 3.37. The summed E-state index contributed by atoms with van der Waals surface area (Å²) in [6.07, 6.45) is 9.90. The Bertz CT molecular complexity index is 355. The van der Waals surface area contributed by atoms with E-state index in [0.29, 0.717) is 0 Å². The second-order valence-electron chi connectivity index (χ2n) is 6.10. The van der Waals surface area contributed by atoms with Crippen LogP contribution >= 0.6 is 0 Å². The zero-order valence-electron chi connectivity index (χ0n) is 11.3. The molecule has 98 valence electrons. The van der Waals surface area contributed by atoms with Gasteiger partial charge in [0.1, 0.15) is 0 Å². The monoisotopic (exact) mass is 243 g/mol. The van der Waals surface area contributed by atoms with Crippen molar-refractivity contribution in [3.63, 3.8) is 0 Å². The van der Waals surface area contributed by atoms with Gasteiger partial charge in [0, 0.05) is 6.04 Å². The van der Waals surface area contributed by atoms with Crippen molar-refractivity contribution in [3.8, 4) is 0 Å². The van der Waals surface area contributed by atoms with Crippen LogP contribution in [-0.2, 0) is 0 Å². The highest BCUT2D eigenvalue weighted by Crippen LogP contribution is 2.36. The molecule has 1 N–H and O–H groups in total. The van der Waals surface area contributed by atoms with Gasteiger partial charge in [-0.1, -0.05) is 49.6 Å². The predicted octanol–water partition coefficient (Wildman–Crippen LogP) is 4.10. The number of rotatable bonds is 4. The van der Waals surface area contributed by atoms with Crippen molar-refractivity contribution < 1.29 is 0 Å². The Kier molecular flexibility index (Phi) is 3.99. The van der Waals surface area contributed by atoms with E-state index in [0.717, 1.165) is 17.9 Å². The van der Waals surface area contributed by atoms with Gasteiger partial charge in [-0.15, -0.1) is 0 Å². The van der Waals surface area contributed by atoms with Gasteiger partial charge in [0.25, 0.3) is 0 Å². The zero-order chi connectivity index (χ0) is 12.2. The first-order valence-corrected chi connectivity index (χ1v) is 7.72. The van der Waals surface area contributed by atoms with E-state index in [9.17, 15) is 0 Å². The third kappa shape index (κ3) is 3.14. The molecule has 3 rings (SSSR count). The quantitative estimate of drug-likeness (QED) is 0.785. The second-order valence-corrected chi connectivity index (χ2v) is 6.10. The van der Waals surface area contributed by atoms with E-state index < -0.39 is 0 Å². The average molecular weight is 243 g/mol. The molecule has 0 aromatic heterocycles. The highest BCUT2D eigenvalue weighted by molar-refractivity contribution is 5.20. The Hall–Kier alpha value is -0.820. The van der Waals surface area contributed by atoms with Crippen LogP contribution in [0.3, 0.4) is 0 Å². The van der Waals surface area contributed by atoms with E-state index in [4.69, 9.17) is 0 Å². The number of hydrogen-bond acceptors (Lipinski definition) is 1. The van der Waals surface area contributed by atoms with Gasteiger partial charge in [-0.25, -0.2) is 0 Å². The van der Waals surface area contributed by atoms with E-state index in [2.05, 4.69) is 35.6 Å². The molecule has 0 saturated heterocycles. The van der Waals surface area contributed by atoms with E-state index in [1.807, 2.05) is 0 Å². The maximum atomic E-state index is 3.75. The first-order chi connectivity index (χ1) is 8.93. The molecule has 0 bridgehead atoms. The van der Waals surface area contributed by atoms with E-state index in [1.54, 1.807) is 5.56 Å². The lowest BCUT2D eigenvalue weighted by atomic mass is 9.82. The van der Waals surface area contributed by atoms with Crippen molar-refractivity contribution in [2.24, 2.45) is 5.92 Å². The molecule has 1 nitrogen and oxygen atoms in total. The molecular weight excluding hydrogens is 218 g/mol. The van der Waals surface area contributed by atoms with Crippen LogP contribution in [0.4, 0.5) is 0 Å². The summed E-state index contributed by atoms with van der Waals surface area (Å²) in [7, 11) is 0.